The van der Waals surface area contributed by atoms with Gasteiger partial charge in [0.15, 0.2) is 0 Å². The molecule has 3 nitrogen and oxygen atoms in total. The standard InChI is InChI=1S/C13H25NO2/c1-9-5-10(2)7-12(6-9)14-8-11(3)13(15)16-4/h9-12,14H,5-8H2,1-4H3. The van der Waals surface area contributed by atoms with Crippen LogP contribution < -0.4 is 5.32 Å². The molecular weight excluding hydrogens is 202 g/mol. The van der Waals surface area contributed by atoms with Crippen molar-refractivity contribution in [3.05, 3.63) is 0 Å². The Morgan fingerprint density at radius 2 is 1.88 bits per heavy atom. The first kappa shape index (κ1) is 13.5. The van der Waals surface area contributed by atoms with Crippen molar-refractivity contribution in [2.24, 2.45) is 17.8 Å². The molecule has 0 aromatic heterocycles. The molecule has 0 bridgehead atoms. The van der Waals surface area contributed by atoms with Crippen LogP contribution in [0.4, 0.5) is 0 Å². The van der Waals surface area contributed by atoms with Crippen molar-refractivity contribution >= 4 is 5.97 Å². The molecular formula is C13H25NO2. The summed E-state index contributed by atoms with van der Waals surface area (Å²) in [6, 6.07) is 0.575. The van der Waals surface area contributed by atoms with Crippen LogP contribution in [0.3, 0.4) is 0 Å². The van der Waals surface area contributed by atoms with Crippen molar-refractivity contribution < 1.29 is 9.53 Å². The summed E-state index contributed by atoms with van der Waals surface area (Å²) in [5.74, 6) is 1.44. The van der Waals surface area contributed by atoms with Gasteiger partial charge in [-0.15, -0.1) is 0 Å². The van der Waals surface area contributed by atoms with E-state index in [1.54, 1.807) is 0 Å². The maximum atomic E-state index is 11.3. The van der Waals surface area contributed by atoms with E-state index in [9.17, 15) is 4.79 Å². The van der Waals surface area contributed by atoms with Crippen molar-refractivity contribution in [3.8, 4) is 0 Å². The molecule has 0 aromatic carbocycles. The zero-order valence-electron chi connectivity index (χ0n) is 11.0. The maximum Gasteiger partial charge on any atom is 0.309 e. The van der Waals surface area contributed by atoms with Crippen LogP contribution in [0.15, 0.2) is 0 Å². The number of hydrogen-bond acceptors (Lipinski definition) is 3. The lowest BCUT2D eigenvalue weighted by Crippen LogP contribution is -2.39. The molecule has 94 valence electrons. The average Bonchev–Trinajstić information content (AvgIpc) is 2.23. The summed E-state index contributed by atoms with van der Waals surface area (Å²) < 4.78 is 4.72. The fraction of sp³-hybridized carbons (Fsp3) is 0.923. The van der Waals surface area contributed by atoms with Gasteiger partial charge in [-0.1, -0.05) is 20.8 Å². The molecule has 16 heavy (non-hydrogen) atoms. The van der Waals surface area contributed by atoms with E-state index < -0.39 is 0 Å². The van der Waals surface area contributed by atoms with E-state index in [1.807, 2.05) is 6.92 Å². The number of carbonyl (C=O) groups excluding carboxylic acids is 1. The van der Waals surface area contributed by atoms with Crippen LogP contribution >= 0.6 is 0 Å². The summed E-state index contributed by atoms with van der Waals surface area (Å²) >= 11 is 0. The Morgan fingerprint density at radius 3 is 2.38 bits per heavy atom. The Bertz CT molecular complexity index is 220. The van der Waals surface area contributed by atoms with Gasteiger partial charge in [0, 0.05) is 12.6 Å². The van der Waals surface area contributed by atoms with Crippen LogP contribution in [0.5, 0.6) is 0 Å². The molecule has 1 saturated carbocycles. The van der Waals surface area contributed by atoms with E-state index in [0.717, 1.165) is 18.4 Å². The molecule has 3 atom stereocenters. The number of esters is 1. The first-order valence-electron chi connectivity index (χ1n) is 6.34. The Morgan fingerprint density at radius 1 is 1.31 bits per heavy atom. The van der Waals surface area contributed by atoms with Crippen LogP contribution in [0.2, 0.25) is 0 Å². The third kappa shape index (κ3) is 4.12. The summed E-state index contributed by atoms with van der Waals surface area (Å²) in [5, 5.41) is 3.50. The van der Waals surface area contributed by atoms with Crippen molar-refractivity contribution in [1.29, 1.82) is 0 Å². The van der Waals surface area contributed by atoms with Gasteiger partial charge in [0.05, 0.1) is 13.0 Å². The highest BCUT2D eigenvalue weighted by atomic mass is 16.5. The normalized spacial score (nSPS) is 32.1. The fourth-order valence-electron chi connectivity index (χ4n) is 2.74. The van der Waals surface area contributed by atoms with Crippen LogP contribution in [0, 0.1) is 17.8 Å². The van der Waals surface area contributed by atoms with Crippen LogP contribution in [0.1, 0.15) is 40.0 Å². The first-order valence-corrected chi connectivity index (χ1v) is 6.34. The monoisotopic (exact) mass is 227 g/mol. The number of ether oxygens (including phenoxy) is 1. The number of methoxy groups -OCH3 is 1. The molecule has 0 aliphatic heterocycles. The van der Waals surface area contributed by atoms with E-state index in [1.165, 1.54) is 26.4 Å². The minimum atomic E-state index is -0.121. The second-order valence-corrected chi connectivity index (χ2v) is 5.45. The molecule has 1 fully saturated rings. The number of carbonyl (C=O) groups is 1. The lowest BCUT2D eigenvalue weighted by Gasteiger charge is -2.32. The van der Waals surface area contributed by atoms with Crippen LogP contribution in [-0.2, 0) is 9.53 Å². The highest BCUT2D eigenvalue weighted by molar-refractivity contribution is 5.72. The fourth-order valence-corrected chi connectivity index (χ4v) is 2.74. The predicted octanol–water partition coefficient (Wildman–Crippen LogP) is 2.21. The summed E-state index contributed by atoms with van der Waals surface area (Å²) in [7, 11) is 1.45. The van der Waals surface area contributed by atoms with Gasteiger partial charge in [-0.3, -0.25) is 4.79 Å². The number of hydrogen-bond donors (Lipinski definition) is 1. The van der Waals surface area contributed by atoms with Crippen molar-refractivity contribution in [3.63, 3.8) is 0 Å². The van der Waals surface area contributed by atoms with E-state index in [0.29, 0.717) is 6.04 Å². The Balaban J connectivity index is 2.29. The molecule has 0 amide bonds. The Hall–Kier alpha value is -0.570. The minimum absolute atomic E-state index is 0.0439. The van der Waals surface area contributed by atoms with Crippen molar-refractivity contribution in [1.82, 2.24) is 5.32 Å². The zero-order chi connectivity index (χ0) is 12.1. The van der Waals surface area contributed by atoms with Gasteiger partial charge in [0.2, 0.25) is 0 Å². The molecule has 1 rings (SSSR count). The molecule has 3 unspecified atom stereocenters. The molecule has 1 aliphatic carbocycles. The van der Waals surface area contributed by atoms with Gasteiger partial charge in [-0.25, -0.2) is 0 Å². The van der Waals surface area contributed by atoms with E-state index in [2.05, 4.69) is 19.2 Å². The molecule has 0 heterocycles. The summed E-state index contributed by atoms with van der Waals surface area (Å²) in [4.78, 5) is 11.3. The molecule has 0 spiro atoms. The van der Waals surface area contributed by atoms with Gasteiger partial charge in [0.25, 0.3) is 0 Å². The number of nitrogens with one attached hydrogen (secondary N) is 1. The molecule has 1 N–H and O–H groups in total. The summed E-state index contributed by atoms with van der Waals surface area (Å²) in [6.07, 6.45) is 3.81. The lowest BCUT2D eigenvalue weighted by atomic mass is 9.80. The van der Waals surface area contributed by atoms with Gasteiger partial charge in [0.1, 0.15) is 0 Å². The van der Waals surface area contributed by atoms with E-state index in [-0.39, 0.29) is 11.9 Å². The minimum Gasteiger partial charge on any atom is -0.469 e. The summed E-state index contributed by atoms with van der Waals surface area (Å²) in [6.45, 7) is 7.27. The SMILES string of the molecule is COC(=O)C(C)CNC1CC(C)CC(C)C1. The highest BCUT2D eigenvalue weighted by Crippen LogP contribution is 2.28. The third-order valence-electron chi connectivity index (χ3n) is 3.49. The first-order chi connectivity index (χ1) is 7.52. The zero-order valence-corrected chi connectivity index (χ0v) is 11.0. The molecule has 1 aliphatic rings. The Labute approximate surface area is 98.9 Å². The van der Waals surface area contributed by atoms with Gasteiger partial charge >= 0.3 is 5.97 Å². The second-order valence-electron chi connectivity index (χ2n) is 5.45. The smallest absolute Gasteiger partial charge is 0.309 e. The Kier molecular flexibility index (Phi) is 5.26. The van der Waals surface area contributed by atoms with E-state index >= 15 is 0 Å². The number of rotatable bonds is 4. The van der Waals surface area contributed by atoms with Gasteiger partial charge in [-0.2, -0.15) is 0 Å². The van der Waals surface area contributed by atoms with Crippen LogP contribution in [-0.4, -0.2) is 25.7 Å². The molecule has 3 heteroatoms. The molecule has 0 radical (unpaired) electrons. The van der Waals surface area contributed by atoms with Crippen LogP contribution in [0.25, 0.3) is 0 Å². The topological polar surface area (TPSA) is 38.3 Å². The van der Waals surface area contributed by atoms with Gasteiger partial charge < -0.3 is 10.1 Å². The lowest BCUT2D eigenvalue weighted by molar-refractivity contribution is -0.144. The van der Waals surface area contributed by atoms with E-state index in [4.69, 9.17) is 4.74 Å². The second kappa shape index (κ2) is 6.24. The average molecular weight is 227 g/mol. The molecule has 0 aromatic rings. The van der Waals surface area contributed by atoms with Crippen molar-refractivity contribution in [2.75, 3.05) is 13.7 Å². The quantitative estimate of drug-likeness (QED) is 0.748. The largest absolute Gasteiger partial charge is 0.469 e. The maximum absolute atomic E-state index is 11.3. The predicted molar refractivity (Wildman–Crippen MR) is 65.1 cm³/mol. The molecule has 0 saturated heterocycles. The highest BCUT2D eigenvalue weighted by Gasteiger charge is 2.24. The summed E-state index contributed by atoms with van der Waals surface area (Å²) in [5.41, 5.74) is 0. The third-order valence-corrected chi connectivity index (χ3v) is 3.49. The van der Waals surface area contributed by atoms with Crippen molar-refractivity contribution in [2.45, 2.75) is 46.1 Å². The van der Waals surface area contributed by atoms with Gasteiger partial charge in [-0.05, 0) is 31.1 Å².